The molecule has 1 saturated heterocycles. The van der Waals surface area contributed by atoms with Gasteiger partial charge in [0.1, 0.15) is 6.04 Å². The zero-order chi connectivity index (χ0) is 18.5. The number of nitrogens with zero attached hydrogens (tertiary/aromatic N) is 3. The largest absolute Gasteiger partial charge is 0.337 e. The summed E-state index contributed by atoms with van der Waals surface area (Å²) >= 11 is 0. The second-order valence-electron chi connectivity index (χ2n) is 6.61. The second-order valence-corrected chi connectivity index (χ2v) is 6.61. The van der Waals surface area contributed by atoms with E-state index in [2.05, 4.69) is 10.1 Å². The van der Waals surface area contributed by atoms with E-state index in [1.165, 1.54) is 0 Å². The molecule has 3 aromatic rings. The molecule has 1 atom stereocenters. The van der Waals surface area contributed by atoms with Gasteiger partial charge in [-0.2, -0.15) is 4.98 Å². The first-order valence-electron chi connectivity index (χ1n) is 9.24. The van der Waals surface area contributed by atoms with Gasteiger partial charge in [0, 0.05) is 18.2 Å². The zero-order valence-electron chi connectivity index (χ0n) is 15.0. The van der Waals surface area contributed by atoms with Gasteiger partial charge in [0.2, 0.25) is 17.6 Å². The number of amides is 1. The van der Waals surface area contributed by atoms with Crippen LogP contribution in [0.3, 0.4) is 0 Å². The van der Waals surface area contributed by atoms with Gasteiger partial charge in [-0.3, -0.25) is 4.79 Å². The van der Waals surface area contributed by atoms with Gasteiger partial charge in [-0.05, 0) is 30.9 Å². The minimum Gasteiger partial charge on any atom is -0.337 e. The van der Waals surface area contributed by atoms with Crippen molar-refractivity contribution in [1.29, 1.82) is 0 Å². The Morgan fingerprint density at radius 1 is 1.04 bits per heavy atom. The molecule has 1 unspecified atom stereocenters. The first-order valence-corrected chi connectivity index (χ1v) is 9.24. The van der Waals surface area contributed by atoms with Gasteiger partial charge < -0.3 is 9.42 Å². The summed E-state index contributed by atoms with van der Waals surface area (Å²) in [5.41, 5.74) is 1.91. The fourth-order valence-electron chi connectivity index (χ4n) is 3.35. The molecule has 1 aliphatic rings. The Hall–Kier alpha value is -3.21. The van der Waals surface area contributed by atoms with E-state index in [4.69, 9.17) is 4.52 Å². The number of likely N-dealkylation sites (tertiary alicyclic amines) is 1. The normalized spacial score (nSPS) is 17.3. The molecular weight excluding hydrogens is 338 g/mol. The fourth-order valence-corrected chi connectivity index (χ4v) is 3.35. The van der Waals surface area contributed by atoms with Crippen LogP contribution in [0, 0.1) is 0 Å². The number of carbonyl (C=O) groups excluding carboxylic acids is 1. The Kier molecular flexibility index (Phi) is 5.10. The van der Waals surface area contributed by atoms with Crippen molar-refractivity contribution in [1.82, 2.24) is 15.0 Å². The third kappa shape index (κ3) is 3.97. The molecular formula is C22H21N3O2. The van der Waals surface area contributed by atoms with Crippen molar-refractivity contribution in [3.05, 3.63) is 78.2 Å². The second kappa shape index (κ2) is 7.99. The number of rotatable bonds is 4. The predicted molar refractivity (Wildman–Crippen MR) is 104 cm³/mol. The van der Waals surface area contributed by atoms with Crippen molar-refractivity contribution < 1.29 is 9.32 Å². The molecule has 0 N–H and O–H groups in total. The fraction of sp³-hybridized carbons (Fsp3) is 0.227. The lowest BCUT2D eigenvalue weighted by atomic mass is 10.0. The van der Waals surface area contributed by atoms with E-state index >= 15 is 0 Å². The Morgan fingerprint density at radius 3 is 2.56 bits per heavy atom. The molecule has 136 valence electrons. The molecule has 1 fully saturated rings. The van der Waals surface area contributed by atoms with E-state index < -0.39 is 0 Å². The first-order chi connectivity index (χ1) is 13.3. The summed E-state index contributed by atoms with van der Waals surface area (Å²) in [7, 11) is 0. The molecule has 4 rings (SSSR count). The van der Waals surface area contributed by atoms with Crippen LogP contribution in [0.5, 0.6) is 0 Å². The van der Waals surface area contributed by atoms with Crippen molar-refractivity contribution in [3.63, 3.8) is 0 Å². The molecule has 1 aliphatic heterocycles. The van der Waals surface area contributed by atoms with Crippen molar-refractivity contribution in [2.45, 2.75) is 25.3 Å². The summed E-state index contributed by atoms with van der Waals surface area (Å²) in [4.78, 5) is 19.2. The maximum Gasteiger partial charge on any atom is 0.249 e. The lowest BCUT2D eigenvalue weighted by molar-refractivity contribution is -0.130. The third-order valence-electron chi connectivity index (χ3n) is 4.76. The summed E-state index contributed by atoms with van der Waals surface area (Å²) in [5, 5.41) is 4.11. The molecule has 0 aliphatic carbocycles. The van der Waals surface area contributed by atoms with Crippen LogP contribution in [-0.4, -0.2) is 27.5 Å². The summed E-state index contributed by atoms with van der Waals surface area (Å²) in [6, 6.07) is 19.4. The minimum absolute atomic E-state index is 0.0250. The minimum atomic E-state index is -0.170. The zero-order valence-corrected chi connectivity index (χ0v) is 15.0. The summed E-state index contributed by atoms with van der Waals surface area (Å²) in [6.07, 6.45) is 6.33. The first kappa shape index (κ1) is 17.2. The maximum absolute atomic E-state index is 12.8. The molecule has 5 nitrogen and oxygen atoms in total. The number of benzene rings is 2. The van der Waals surface area contributed by atoms with Crippen LogP contribution < -0.4 is 0 Å². The number of carbonyl (C=O) groups is 1. The van der Waals surface area contributed by atoms with E-state index in [9.17, 15) is 4.79 Å². The van der Waals surface area contributed by atoms with Crippen LogP contribution in [-0.2, 0) is 4.79 Å². The summed E-state index contributed by atoms with van der Waals surface area (Å²) < 4.78 is 5.52. The molecule has 5 heteroatoms. The van der Waals surface area contributed by atoms with E-state index in [-0.39, 0.29) is 11.9 Å². The molecule has 2 heterocycles. The van der Waals surface area contributed by atoms with Crippen molar-refractivity contribution in [3.8, 4) is 11.4 Å². The highest BCUT2D eigenvalue weighted by Gasteiger charge is 2.31. The number of piperidine rings is 1. The Bertz CT molecular complexity index is 919. The van der Waals surface area contributed by atoms with Gasteiger partial charge in [0.15, 0.2) is 0 Å². The molecule has 27 heavy (non-hydrogen) atoms. The standard InChI is InChI=1S/C22H21N3O2/c26-20(15-14-17-9-3-1-4-10-17)25-16-8-7-13-19(25)22-23-21(24-27-22)18-11-5-2-6-12-18/h1-6,9-12,14-15,19H,7-8,13,16H2. The number of hydrogen-bond acceptors (Lipinski definition) is 4. The third-order valence-corrected chi connectivity index (χ3v) is 4.76. The van der Waals surface area contributed by atoms with Crippen LogP contribution in [0.2, 0.25) is 0 Å². The highest BCUT2D eigenvalue weighted by Crippen LogP contribution is 2.31. The van der Waals surface area contributed by atoms with Gasteiger partial charge in [0.25, 0.3) is 0 Å². The Labute approximate surface area is 158 Å². The lowest BCUT2D eigenvalue weighted by Gasteiger charge is -2.32. The van der Waals surface area contributed by atoms with E-state index in [0.29, 0.717) is 18.3 Å². The van der Waals surface area contributed by atoms with Gasteiger partial charge in [-0.15, -0.1) is 0 Å². The quantitative estimate of drug-likeness (QED) is 0.643. The molecule has 1 amide bonds. The van der Waals surface area contributed by atoms with Gasteiger partial charge in [-0.25, -0.2) is 0 Å². The Morgan fingerprint density at radius 2 is 1.78 bits per heavy atom. The SMILES string of the molecule is O=C(C=Cc1ccccc1)N1CCCCC1c1nc(-c2ccccc2)no1. The predicted octanol–water partition coefficient (Wildman–Crippen LogP) is 4.50. The highest BCUT2D eigenvalue weighted by molar-refractivity contribution is 5.92. The van der Waals surface area contributed by atoms with Crippen molar-refractivity contribution >= 4 is 12.0 Å². The molecule has 0 spiro atoms. The molecule has 2 aromatic carbocycles. The van der Waals surface area contributed by atoms with Crippen LogP contribution in [0.4, 0.5) is 0 Å². The average Bonchev–Trinajstić information content (AvgIpc) is 3.23. The number of hydrogen-bond donors (Lipinski definition) is 0. The van der Waals surface area contributed by atoms with E-state index in [0.717, 1.165) is 30.4 Å². The monoisotopic (exact) mass is 359 g/mol. The summed E-state index contributed by atoms with van der Waals surface area (Å²) in [6.45, 7) is 0.700. The molecule has 0 bridgehead atoms. The van der Waals surface area contributed by atoms with Crippen LogP contribution in [0.25, 0.3) is 17.5 Å². The average molecular weight is 359 g/mol. The van der Waals surface area contributed by atoms with Crippen molar-refractivity contribution in [2.75, 3.05) is 6.54 Å². The smallest absolute Gasteiger partial charge is 0.249 e. The Balaban J connectivity index is 1.53. The molecule has 1 aromatic heterocycles. The number of aromatic nitrogens is 2. The summed E-state index contributed by atoms with van der Waals surface area (Å²) in [5.74, 6) is 1.04. The van der Waals surface area contributed by atoms with Gasteiger partial charge in [-0.1, -0.05) is 65.8 Å². The highest BCUT2D eigenvalue weighted by atomic mass is 16.5. The topological polar surface area (TPSA) is 59.2 Å². The van der Waals surface area contributed by atoms with Gasteiger partial charge in [0.05, 0.1) is 0 Å². The maximum atomic E-state index is 12.8. The van der Waals surface area contributed by atoms with E-state index in [1.807, 2.05) is 71.6 Å². The van der Waals surface area contributed by atoms with Crippen LogP contribution in [0.1, 0.15) is 36.8 Å². The van der Waals surface area contributed by atoms with Gasteiger partial charge >= 0.3 is 0 Å². The van der Waals surface area contributed by atoms with Crippen molar-refractivity contribution in [2.24, 2.45) is 0 Å². The molecule has 0 radical (unpaired) electrons. The van der Waals surface area contributed by atoms with E-state index in [1.54, 1.807) is 6.08 Å². The molecule has 0 saturated carbocycles. The van der Waals surface area contributed by atoms with Crippen LogP contribution in [0.15, 0.2) is 71.3 Å². The lowest BCUT2D eigenvalue weighted by Crippen LogP contribution is -2.37. The van der Waals surface area contributed by atoms with Crippen LogP contribution >= 0.6 is 0 Å².